The van der Waals surface area contributed by atoms with E-state index in [9.17, 15) is 14.0 Å². The van der Waals surface area contributed by atoms with E-state index < -0.39 is 17.8 Å². The number of anilines is 2. The monoisotopic (exact) mass is 464 g/mol. The Morgan fingerprint density at radius 3 is 2.74 bits per heavy atom. The molecule has 1 aliphatic rings. The molecule has 0 bridgehead atoms. The Labute approximate surface area is 193 Å². The first-order chi connectivity index (χ1) is 16.4. The zero-order chi connectivity index (χ0) is 23.8. The quantitative estimate of drug-likeness (QED) is 0.463. The van der Waals surface area contributed by atoms with Gasteiger partial charge in [-0.1, -0.05) is 0 Å². The summed E-state index contributed by atoms with van der Waals surface area (Å²) in [6, 6.07) is 4.17. The molecule has 4 aromatic rings. The Bertz CT molecular complexity index is 1410. The van der Waals surface area contributed by atoms with Crippen molar-refractivity contribution in [2.45, 2.75) is 32.8 Å². The lowest BCUT2D eigenvalue weighted by Gasteiger charge is -2.10. The van der Waals surface area contributed by atoms with Gasteiger partial charge in [0.2, 0.25) is 11.5 Å². The number of aromatic nitrogens is 4. The lowest BCUT2D eigenvalue weighted by molar-refractivity contribution is -0.124. The number of hydrogen-bond donors (Lipinski definition) is 2. The Hall–Kier alpha value is -4.12. The number of hydrogen-bond acceptors (Lipinski definition) is 7. The first kappa shape index (κ1) is 21.7. The zero-order valence-electron chi connectivity index (χ0n) is 18.5. The van der Waals surface area contributed by atoms with Crippen molar-refractivity contribution in [3.8, 4) is 11.3 Å². The molecular weight excluding hydrogens is 443 g/mol. The zero-order valence-corrected chi connectivity index (χ0v) is 18.5. The van der Waals surface area contributed by atoms with Gasteiger partial charge in [0.05, 0.1) is 23.3 Å². The molecule has 10 nitrogen and oxygen atoms in total. The summed E-state index contributed by atoms with van der Waals surface area (Å²) in [5, 5.41) is 5.47. The number of carbonyl (C=O) groups is 2. The summed E-state index contributed by atoms with van der Waals surface area (Å²) in [4.78, 5) is 37.5. The van der Waals surface area contributed by atoms with Crippen LogP contribution in [0, 0.1) is 19.7 Å². The average Bonchev–Trinajstić information content (AvgIpc) is 3.54. The highest BCUT2D eigenvalue weighted by atomic mass is 19.1. The molecule has 3 aromatic heterocycles. The second kappa shape index (κ2) is 8.67. The minimum atomic E-state index is -0.514. The predicted octanol–water partition coefficient (Wildman–Crippen LogP) is 3.51. The highest BCUT2D eigenvalue weighted by molar-refractivity contribution is 6.03. The van der Waals surface area contributed by atoms with Gasteiger partial charge in [-0.2, -0.15) is 0 Å². The van der Waals surface area contributed by atoms with Crippen LogP contribution in [0.15, 0.2) is 41.2 Å². The molecule has 1 aliphatic heterocycles. The van der Waals surface area contributed by atoms with Crippen molar-refractivity contribution in [1.29, 1.82) is 0 Å². The van der Waals surface area contributed by atoms with Gasteiger partial charge in [0.25, 0.3) is 11.8 Å². The molecular formula is C23H21FN6O4. The number of amides is 2. The topological polar surface area (TPSA) is 124 Å². The Balaban J connectivity index is 1.38. The average molecular weight is 464 g/mol. The smallest absolute Gasteiger partial charge is 0.293 e. The highest BCUT2D eigenvalue weighted by Gasteiger charge is 2.24. The molecule has 0 saturated carbocycles. The molecule has 5 rings (SSSR count). The number of halogens is 1. The van der Waals surface area contributed by atoms with E-state index in [-0.39, 0.29) is 17.2 Å². The van der Waals surface area contributed by atoms with Gasteiger partial charge >= 0.3 is 0 Å². The van der Waals surface area contributed by atoms with Crippen molar-refractivity contribution in [2.75, 3.05) is 17.2 Å². The standard InChI is InChI=1S/C23H21FN6O4/c1-12-20(34-13(2)26-12)22(32)27-14-5-6-17(24)16(8-14)18-11-30-10-15(9-25-23(30)29-18)28-21(31)19-4-3-7-33-19/h5-6,8-11,19H,3-4,7H2,1-2H3,(H,27,32)(H,28,31)/t19-/m1/s1. The number of aryl methyl sites for hydroxylation is 2. The molecule has 0 radical (unpaired) electrons. The fraction of sp³-hybridized carbons (Fsp3) is 0.261. The van der Waals surface area contributed by atoms with Crippen LogP contribution in [0.3, 0.4) is 0 Å². The normalized spacial score (nSPS) is 15.6. The molecule has 1 aromatic carbocycles. The van der Waals surface area contributed by atoms with E-state index in [2.05, 4.69) is 25.6 Å². The molecule has 11 heteroatoms. The molecule has 1 saturated heterocycles. The molecule has 0 spiro atoms. The molecule has 1 fully saturated rings. The van der Waals surface area contributed by atoms with E-state index in [1.165, 1.54) is 24.4 Å². The van der Waals surface area contributed by atoms with Gasteiger partial charge in [0, 0.05) is 37.2 Å². The van der Waals surface area contributed by atoms with Crippen LogP contribution in [-0.4, -0.2) is 43.9 Å². The van der Waals surface area contributed by atoms with E-state index in [1.807, 2.05) is 0 Å². The van der Waals surface area contributed by atoms with E-state index in [0.717, 1.165) is 6.42 Å². The van der Waals surface area contributed by atoms with Crippen LogP contribution in [0.1, 0.15) is 35.0 Å². The van der Waals surface area contributed by atoms with E-state index in [4.69, 9.17) is 9.15 Å². The predicted molar refractivity (Wildman–Crippen MR) is 120 cm³/mol. The highest BCUT2D eigenvalue weighted by Crippen LogP contribution is 2.26. The summed E-state index contributed by atoms with van der Waals surface area (Å²) in [5.74, 6) is -0.430. The SMILES string of the molecule is Cc1nc(C)c(C(=O)Nc2ccc(F)c(-c3cn4cc(NC(=O)[C@H]5CCCO5)cnc4n3)c2)o1. The third kappa shape index (κ3) is 4.25. The number of benzene rings is 1. The van der Waals surface area contributed by atoms with Crippen LogP contribution in [0.5, 0.6) is 0 Å². The molecule has 0 aliphatic carbocycles. The fourth-order valence-electron chi connectivity index (χ4n) is 3.82. The maximum Gasteiger partial charge on any atom is 0.293 e. The second-order valence-electron chi connectivity index (χ2n) is 7.96. The summed E-state index contributed by atoms with van der Waals surface area (Å²) in [6.07, 6.45) is 5.78. The maximum atomic E-state index is 14.7. The van der Waals surface area contributed by atoms with Crippen molar-refractivity contribution in [2.24, 2.45) is 0 Å². The Morgan fingerprint density at radius 2 is 2.00 bits per heavy atom. The third-order valence-corrected chi connectivity index (χ3v) is 5.41. The van der Waals surface area contributed by atoms with Crippen LogP contribution in [0.4, 0.5) is 15.8 Å². The van der Waals surface area contributed by atoms with Crippen molar-refractivity contribution in [3.63, 3.8) is 0 Å². The van der Waals surface area contributed by atoms with Gasteiger partial charge in [-0.15, -0.1) is 0 Å². The van der Waals surface area contributed by atoms with Crippen LogP contribution in [0.2, 0.25) is 0 Å². The maximum absolute atomic E-state index is 14.7. The van der Waals surface area contributed by atoms with Gasteiger partial charge < -0.3 is 19.8 Å². The number of fused-ring (bicyclic) bond motifs is 1. The number of rotatable bonds is 5. The number of oxazole rings is 1. The number of ether oxygens (including phenoxy) is 1. The number of imidazole rings is 1. The fourth-order valence-corrected chi connectivity index (χ4v) is 3.82. The Morgan fingerprint density at radius 1 is 1.15 bits per heavy atom. The number of nitrogens with one attached hydrogen (secondary N) is 2. The van der Waals surface area contributed by atoms with Crippen molar-refractivity contribution in [1.82, 2.24) is 19.4 Å². The van der Waals surface area contributed by atoms with Gasteiger partial charge in [-0.3, -0.25) is 14.0 Å². The van der Waals surface area contributed by atoms with Crippen molar-refractivity contribution in [3.05, 3.63) is 60.0 Å². The minimum Gasteiger partial charge on any atom is -0.436 e. The first-order valence-electron chi connectivity index (χ1n) is 10.7. The number of nitrogens with zero attached hydrogens (tertiary/aromatic N) is 4. The Kier molecular flexibility index (Phi) is 5.54. The molecule has 2 N–H and O–H groups in total. The van der Waals surface area contributed by atoms with Gasteiger partial charge in [-0.25, -0.2) is 19.3 Å². The van der Waals surface area contributed by atoms with Gasteiger partial charge in [0.1, 0.15) is 11.9 Å². The van der Waals surface area contributed by atoms with Crippen LogP contribution >= 0.6 is 0 Å². The number of carbonyl (C=O) groups excluding carboxylic acids is 2. The molecule has 0 unspecified atom stereocenters. The van der Waals surface area contributed by atoms with E-state index in [1.54, 1.807) is 30.6 Å². The van der Waals surface area contributed by atoms with Gasteiger partial charge in [-0.05, 0) is 38.0 Å². The van der Waals surface area contributed by atoms with Crippen LogP contribution in [-0.2, 0) is 9.53 Å². The summed E-state index contributed by atoms with van der Waals surface area (Å²) in [5.41, 5.74) is 1.79. The summed E-state index contributed by atoms with van der Waals surface area (Å²) in [7, 11) is 0. The van der Waals surface area contributed by atoms with E-state index >= 15 is 0 Å². The second-order valence-corrected chi connectivity index (χ2v) is 7.96. The minimum absolute atomic E-state index is 0.0953. The summed E-state index contributed by atoms with van der Waals surface area (Å²) >= 11 is 0. The molecule has 2 amide bonds. The first-order valence-corrected chi connectivity index (χ1v) is 10.7. The third-order valence-electron chi connectivity index (χ3n) is 5.41. The van der Waals surface area contributed by atoms with Crippen molar-refractivity contribution < 1.29 is 23.1 Å². The lowest BCUT2D eigenvalue weighted by atomic mass is 10.1. The van der Waals surface area contributed by atoms with Crippen molar-refractivity contribution >= 4 is 29.0 Å². The van der Waals surface area contributed by atoms with Gasteiger partial charge in [0.15, 0.2) is 5.89 Å². The van der Waals surface area contributed by atoms with E-state index in [0.29, 0.717) is 47.5 Å². The largest absolute Gasteiger partial charge is 0.436 e. The summed E-state index contributed by atoms with van der Waals surface area (Å²) in [6.45, 7) is 3.89. The molecule has 4 heterocycles. The lowest BCUT2D eigenvalue weighted by Crippen LogP contribution is -2.27. The van der Waals surface area contributed by atoms with Crippen LogP contribution < -0.4 is 10.6 Å². The summed E-state index contributed by atoms with van der Waals surface area (Å²) < 4.78 is 27.0. The van der Waals surface area contributed by atoms with Crippen LogP contribution in [0.25, 0.3) is 17.0 Å². The molecule has 174 valence electrons. The molecule has 1 atom stereocenters. The molecule has 34 heavy (non-hydrogen) atoms.